The molecule has 1 aromatic carbocycles. The summed E-state index contributed by atoms with van der Waals surface area (Å²) in [5.41, 5.74) is 1.46. The van der Waals surface area contributed by atoms with Gasteiger partial charge in [0.1, 0.15) is 0 Å². The van der Waals surface area contributed by atoms with Crippen LogP contribution in [0.2, 0.25) is 0 Å². The number of alkyl halides is 3. The van der Waals surface area contributed by atoms with Crippen molar-refractivity contribution in [2.24, 2.45) is 0 Å². The van der Waals surface area contributed by atoms with E-state index in [4.69, 9.17) is 0 Å². The molecule has 3 rings (SSSR count). The number of halogens is 3. The number of aromatic nitrogens is 1. The number of hydrogen-bond acceptors (Lipinski definition) is 1. The number of aliphatic hydroxyl groups excluding tert-OH is 1. The van der Waals surface area contributed by atoms with E-state index < -0.39 is 17.8 Å². The van der Waals surface area contributed by atoms with Gasteiger partial charge >= 0.3 is 6.18 Å². The number of rotatable bonds is 2. The smallest absolute Gasteiger partial charge is 0.388 e. The maximum atomic E-state index is 13.0. The molecule has 0 aliphatic heterocycles. The average molecular weight is 295 g/mol. The van der Waals surface area contributed by atoms with Gasteiger partial charge in [0, 0.05) is 24.0 Å². The Labute approximate surface area is 120 Å². The zero-order chi connectivity index (χ0) is 15.0. The predicted octanol–water partition coefficient (Wildman–Crippen LogP) is 3.92. The highest BCUT2D eigenvalue weighted by Crippen LogP contribution is 2.34. The molecule has 2 nitrogen and oxygen atoms in total. The van der Waals surface area contributed by atoms with Crippen molar-refractivity contribution >= 4 is 0 Å². The van der Waals surface area contributed by atoms with Gasteiger partial charge in [0.15, 0.2) is 0 Å². The van der Waals surface area contributed by atoms with Gasteiger partial charge in [0.05, 0.1) is 11.7 Å². The number of fused-ring (bicyclic) bond motifs is 1. The highest BCUT2D eigenvalue weighted by Gasteiger charge is 2.33. The number of aliphatic hydroxyl groups is 1. The normalized spacial score (nSPS) is 18.6. The van der Waals surface area contributed by atoms with Gasteiger partial charge in [-0.15, -0.1) is 0 Å². The van der Waals surface area contributed by atoms with E-state index in [1.165, 1.54) is 12.1 Å². The van der Waals surface area contributed by atoms with E-state index in [0.717, 1.165) is 36.6 Å². The fourth-order valence-corrected chi connectivity index (χ4v) is 3.00. The van der Waals surface area contributed by atoms with E-state index in [-0.39, 0.29) is 12.1 Å². The summed E-state index contributed by atoms with van der Waals surface area (Å²) in [4.78, 5) is 0. The molecule has 21 heavy (non-hydrogen) atoms. The van der Waals surface area contributed by atoms with Crippen LogP contribution in [0.3, 0.4) is 0 Å². The van der Waals surface area contributed by atoms with Crippen molar-refractivity contribution in [3.63, 3.8) is 0 Å². The van der Waals surface area contributed by atoms with E-state index in [9.17, 15) is 18.3 Å². The van der Waals surface area contributed by atoms with Crippen LogP contribution in [0, 0.1) is 0 Å². The predicted molar refractivity (Wildman–Crippen MR) is 72.9 cm³/mol. The lowest BCUT2D eigenvalue weighted by atomic mass is 9.95. The lowest BCUT2D eigenvalue weighted by Gasteiger charge is -2.21. The molecule has 0 fully saturated rings. The van der Waals surface area contributed by atoms with Gasteiger partial charge in [-0.3, -0.25) is 0 Å². The van der Waals surface area contributed by atoms with Gasteiger partial charge in [-0.05, 0) is 37.0 Å². The number of hydrogen-bond donors (Lipinski definition) is 1. The minimum Gasteiger partial charge on any atom is -0.388 e. The Hall–Kier alpha value is -1.75. The fraction of sp³-hybridized carbons (Fsp3) is 0.375. The topological polar surface area (TPSA) is 25.2 Å². The lowest BCUT2D eigenvalue weighted by molar-refractivity contribution is -0.138. The Morgan fingerprint density at radius 3 is 2.71 bits per heavy atom. The first-order chi connectivity index (χ1) is 9.97. The van der Waals surface area contributed by atoms with Crippen LogP contribution < -0.4 is 0 Å². The molecule has 0 radical (unpaired) electrons. The lowest BCUT2D eigenvalue weighted by Crippen LogP contribution is -2.15. The van der Waals surface area contributed by atoms with Gasteiger partial charge in [-0.2, -0.15) is 13.2 Å². The van der Waals surface area contributed by atoms with Crippen molar-refractivity contribution < 1.29 is 18.3 Å². The molecular weight excluding hydrogens is 279 g/mol. The van der Waals surface area contributed by atoms with Crippen molar-refractivity contribution in [2.75, 3.05) is 0 Å². The van der Waals surface area contributed by atoms with Crippen molar-refractivity contribution in [1.82, 2.24) is 4.57 Å². The highest BCUT2D eigenvalue weighted by atomic mass is 19.4. The second kappa shape index (κ2) is 5.22. The van der Waals surface area contributed by atoms with Crippen LogP contribution in [0.15, 0.2) is 36.5 Å². The molecule has 0 saturated heterocycles. The summed E-state index contributed by atoms with van der Waals surface area (Å²) < 4.78 is 40.9. The summed E-state index contributed by atoms with van der Waals surface area (Å²) in [5.74, 6) is 0. The average Bonchev–Trinajstić information content (AvgIpc) is 2.83. The summed E-state index contributed by atoms with van der Waals surface area (Å²) in [6.07, 6.45) is -0.689. The molecule has 1 aliphatic carbocycles. The second-order valence-electron chi connectivity index (χ2n) is 5.41. The zero-order valence-electron chi connectivity index (χ0n) is 11.4. The van der Waals surface area contributed by atoms with Gasteiger partial charge in [-0.25, -0.2) is 0 Å². The third-order valence-corrected chi connectivity index (χ3v) is 4.03. The van der Waals surface area contributed by atoms with E-state index in [1.807, 2.05) is 10.6 Å². The Morgan fingerprint density at radius 2 is 1.95 bits per heavy atom. The van der Waals surface area contributed by atoms with E-state index in [2.05, 4.69) is 0 Å². The Balaban J connectivity index is 1.95. The molecule has 1 aliphatic rings. The fourth-order valence-electron chi connectivity index (χ4n) is 3.00. The van der Waals surface area contributed by atoms with Crippen LogP contribution in [0.25, 0.3) is 0 Å². The first kappa shape index (κ1) is 14.2. The van der Waals surface area contributed by atoms with Crippen molar-refractivity contribution in [2.45, 2.75) is 38.1 Å². The molecule has 1 N–H and O–H groups in total. The first-order valence-corrected chi connectivity index (χ1v) is 6.98. The maximum absolute atomic E-state index is 13.0. The third-order valence-electron chi connectivity index (χ3n) is 4.03. The molecule has 0 spiro atoms. The summed E-state index contributed by atoms with van der Waals surface area (Å²) >= 11 is 0. The SMILES string of the molecule is OC1CCCc2c1ccn2Cc1ccccc1C(F)(F)F. The maximum Gasteiger partial charge on any atom is 0.416 e. The largest absolute Gasteiger partial charge is 0.416 e. The van der Waals surface area contributed by atoms with Gasteiger partial charge in [-0.1, -0.05) is 18.2 Å². The quantitative estimate of drug-likeness (QED) is 0.892. The van der Waals surface area contributed by atoms with Gasteiger partial charge in [0.2, 0.25) is 0 Å². The summed E-state index contributed by atoms with van der Waals surface area (Å²) in [5, 5.41) is 9.93. The summed E-state index contributed by atoms with van der Waals surface area (Å²) in [6, 6.07) is 7.46. The zero-order valence-corrected chi connectivity index (χ0v) is 11.4. The van der Waals surface area contributed by atoms with Gasteiger partial charge in [0.25, 0.3) is 0 Å². The van der Waals surface area contributed by atoms with E-state index >= 15 is 0 Å². The summed E-state index contributed by atoms with van der Waals surface area (Å²) in [7, 11) is 0. The van der Waals surface area contributed by atoms with E-state index in [1.54, 1.807) is 12.3 Å². The molecular formula is C16H16F3NO. The summed E-state index contributed by atoms with van der Waals surface area (Å²) in [6.45, 7) is 0.178. The molecule has 1 atom stereocenters. The van der Waals surface area contributed by atoms with Gasteiger partial charge < -0.3 is 9.67 Å². The van der Waals surface area contributed by atoms with Crippen LogP contribution in [0.4, 0.5) is 13.2 Å². The molecule has 0 saturated carbocycles. The second-order valence-corrected chi connectivity index (χ2v) is 5.41. The van der Waals surface area contributed by atoms with E-state index in [0.29, 0.717) is 0 Å². The van der Waals surface area contributed by atoms with Crippen LogP contribution in [0.1, 0.15) is 41.3 Å². The molecule has 2 aromatic rings. The number of nitrogens with zero attached hydrogens (tertiary/aromatic N) is 1. The Morgan fingerprint density at radius 1 is 1.19 bits per heavy atom. The third kappa shape index (κ3) is 2.70. The highest BCUT2D eigenvalue weighted by molar-refractivity contribution is 5.33. The monoisotopic (exact) mass is 295 g/mol. The Bertz CT molecular complexity index is 645. The van der Waals surface area contributed by atoms with Crippen LogP contribution in [-0.4, -0.2) is 9.67 Å². The Kier molecular flexibility index (Phi) is 3.53. The molecule has 0 amide bonds. The first-order valence-electron chi connectivity index (χ1n) is 6.98. The molecule has 5 heteroatoms. The molecule has 1 aromatic heterocycles. The van der Waals surface area contributed by atoms with Crippen molar-refractivity contribution in [1.29, 1.82) is 0 Å². The molecule has 1 heterocycles. The van der Waals surface area contributed by atoms with Crippen LogP contribution in [-0.2, 0) is 19.1 Å². The van der Waals surface area contributed by atoms with Crippen molar-refractivity contribution in [3.05, 3.63) is 58.9 Å². The molecule has 0 bridgehead atoms. The van der Waals surface area contributed by atoms with Crippen LogP contribution >= 0.6 is 0 Å². The molecule has 112 valence electrons. The molecule has 1 unspecified atom stereocenters. The minimum atomic E-state index is -4.34. The van der Waals surface area contributed by atoms with Crippen molar-refractivity contribution in [3.8, 4) is 0 Å². The minimum absolute atomic E-state index is 0.178. The number of benzene rings is 1. The van der Waals surface area contributed by atoms with Crippen LogP contribution in [0.5, 0.6) is 0 Å². The standard InChI is InChI=1S/C16H16F3NO/c17-16(18,19)13-5-2-1-4-11(13)10-20-9-8-12-14(20)6-3-7-15(12)21/h1-2,4-5,8-9,15,21H,3,6-7,10H2.